The molecule has 1 atom stereocenters. The minimum Gasteiger partial charge on any atom is -0.345 e. The van der Waals surface area contributed by atoms with Gasteiger partial charge in [0.25, 0.3) is 0 Å². The van der Waals surface area contributed by atoms with Crippen LogP contribution < -0.4 is 0 Å². The molecule has 0 radical (unpaired) electrons. The molecule has 1 aromatic carbocycles. The molecule has 0 unspecified atom stereocenters. The van der Waals surface area contributed by atoms with E-state index >= 15 is 0 Å². The summed E-state index contributed by atoms with van der Waals surface area (Å²) in [6, 6.07) is 8.44. The zero-order chi connectivity index (χ0) is 22.2. The van der Waals surface area contributed by atoms with Crippen LogP contribution in [0.15, 0.2) is 24.3 Å². The summed E-state index contributed by atoms with van der Waals surface area (Å²) in [6.07, 6.45) is 5.58. The van der Waals surface area contributed by atoms with Gasteiger partial charge in [0.1, 0.15) is 0 Å². The van der Waals surface area contributed by atoms with Crippen molar-refractivity contribution in [1.82, 2.24) is 19.6 Å². The molecular formula is C26H38N4O. The fraction of sp³-hybridized carbons (Fsp3) is 0.615. The fourth-order valence-corrected chi connectivity index (χ4v) is 5.76. The Morgan fingerprint density at radius 3 is 2.48 bits per heavy atom. The third kappa shape index (κ3) is 4.17. The maximum atomic E-state index is 13.1. The lowest BCUT2D eigenvalue weighted by molar-refractivity contribution is -0.143. The summed E-state index contributed by atoms with van der Waals surface area (Å²) < 4.78 is 2.10. The Kier molecular flexibility index (Phi) is 6.25. The summed E-state index contributed by atoms with van der Waals surface area (Å²) in [4.78, 5) is 17.6. The molecule has 2 fully saturated rings. The molecule has 2 aliphatic heterocycles. The molecule has 0 spiro atoms. The number of hydrogen-bond acceptors (Lipinski definition) is 3. The van der Waals surface area contributed by atoms with Crippen LogP contribution in [0.5, 0.6) is 0 Å². The summed E-state index contributed by atoms with van der Waals surface area (Å²) in [7, 11) is 1.98. The minimum absolute atomic E-state index is 0.182. The molecule has 2 aromatic rings. The molecule has 3 heterocycles. The molecule has 5 nitrogen and oxygen atoms in total. The quantitative estimate of drug-likeness (QED) is 0.720. The van der Waals surface area contributed by atoms with E-state index in [1.165, 1.54) is 23.2 Å². The summed E-state index contributed by atoms with van der Waals surface area (Å²) in [6.45, 7) is 12.7. The van der Waals surface area contributed by atoms with E-state index in [0.29, 0.717) is 11.8 Å². The first kappa shape index (κ1) is 22.1. The third-order valence-corrected chi connectivity index (χ3v) is 7.93. The molecule has 0 N–H and O–H groups in total. The number of benzene rings is 1. The van der Waals surface area contributed by atoms with Gasteiger partial charge in [0.2, 0.25) is 5.91 Å². The number of piperidine rings is 1. The number of aromatic nitrogens is 2. The van der Waals surface area contributed by atoms with Crippen LogP contribution in [0.4, 0.5) is 0 Å². The highest BCUT2D eigenvalue weighted by Crippen LogP contribution is 2.42. The lowest BCUT2D eigenvalue weighted by Crippen LogP contribution is -2.47. The van der Waals surface area contributed by atoms with Gasteiger partial charge in [-0.2, -0.15) is 5.10 Å². The van der Waals surface area contributed by atoms with Crippen molar-refractivity contribution in [1.29, 1.82) is 0 Å². The van der Waals surface area contributed by atoms with E-state index in [4.69, 9.17) is 5.10 Å². The van der Waals surface area contributed by atoms with Gasteiger partial charge in [-0.1, -0.05) is 31.5 Å². The zero-order valence-electron chi connectivity index (χ0n) is 19.9. The average Bonchev–Trinajstić information content (AvgIpc) is 2.96. The standard InChI is InChI=1S/C26H38N4O/c1-19-10-6-7-11-24(19)30-21(3)23(20(2)27-30)18-29-16-12-22(13-17-29)26(4)14-8-9-15-28(5)25(26)31/h6-7,10-11,22H,8-9,12-18H2,1-5H3/t26-/m0/s1. The maximum Gasteiger partial charge on any atom is 0.228 e. The number of carbonyl (C=O) groups is 1. The van der Waals surface area contributed by atoms with E-state index in [1.807, 2.05) is 11.9 Å². The van der Waals surface area contributed by atoms with E-state index in [9.17, 15) is 4.79 Å². The molecule has 0 saturated carbocycles. The summed E-state index contributed by atoms with van der Waals surface area (Å²) >= 11 is 0. The Balaban J connectivity index is 1.45. The molecular weight excluding hydrogens is 384 g/mol. The second kappa shape index (κ2) is 8.78. The number of nitrogens with zero attached hydrogens (tertiary/aromatic N) is 4. The number of aryl methyl sites for hydroxylation is 2. The molecule has 1 aromatic heterocycles. The van der Waals surface area contributed by atoms with E-state index in [1.54, 1.807) is 0 Å². The molecule has 168 valence electrons. The topological polar surface area (TPSA) is 41.4 Å². The van der Waals surface area contributed by atoms with E-state index in [0.717, 1.165) is 63.2 Å². The van der Waals surface area contributed by atoms with Crippen LogP contribution in [0.25, 0.3) is 5.69 Å². The number of likely N-dealkylation sites (tertiary alicyclic amines) is 2. The largest absolute Gasteiger partial charge is 0.345 e. The van der Waals surface area contributed by atoms with Gasteiger partial charge >= 0.3 is 0 Å². The second-order valence-corrected chi connectivity index (χ2v) is 10.00. The van der Waals surface area contributed by atoms with Crippen molar-refractivity contribution in [3.05, 3.63) is 46.8 Å². The van der Waals surface area contributed by atoms with Gasteiger partial charge in [-0.15, -0.1) is 0 Å². The third-order valence-electron chi connectivity index (χ3n) is 7.93. The predicted molar refractivity (Wildman–Crippen MR) is 125 cm³/mol. The highest BCUT2D eigenvalue weighted by atomic mass is 16.2. The van der Waals surface area contributed by atoms with Gasteiger partial charge in [-0.25, -0.2) is 4.68 Å². The molecule has 2 saturated heterocycles. The molecule has 0 bridgehead atoms. The summed E-state index contributed by atoms with van der Waals surface area (Å²) in [5.41, 5.74) is 5.93. The number of amides is 1. The van der Waals surface area contributed by atoms with Crippen molar-refractivity contribution in [2.45, 2.75) is 66.3 Å². The molecule has 4 rings (SSSR count). The zero-order valence-corrected chi connectivity index (χ0v) is 19.9. The monoisotopic (exact) mass is 422 g/mol. The van der Waals surface area contributed by atoms with Gasteiger partial charge in [-0.3, -0.25) is 9.69 Å². The lowest BCUT2D eigenvalue weighted by Gasteiger charge is -2.42. The van der Waals surface area contributed by atoms with E-state index < -0.39 is 0 Å². The van der Waals surface area contributed by atoms with Crippen molar-refractivity contribution in [2.24, 2.45) is 11.3 Å². The SMILES string of the molecule is Cc1ccccc1-n1nc(C)c(CN2CCC([C@]3(C)CCCCN(C)C3=O)CC2)c1C. The Morgan fingerprint density at radius 1 is 1.06 bits per heavy atom. The Morgan fingerprint density at radius 2 is 1.77 bits per heavy atom. The Bertz CT molecular complexity index is 941. The van der Waals surface area contributed by atoms with Crippen molar-refractivity contribution >= 4 is 5.91 Å². The van der Waals surface area contributed by atoms with Crippen LogP contribution in [0.2, 0.25) is 0 Å². The highest BCUT2D eigenvalue weighted by Gasteiger charge is 2.44. The summed E-state index contributed by atoms with van der Waals surface area (Å²) in [5, 5.41) is 4.87. The predicted octanol–water partition coefficient (Wildman–Crippen LogP) is 4.66. The Labute approximate surface area is 187 Å². The minimum atomic E-state index is -0.182. The van der Waals surface area contributed by atoms with Crippen LogP contribution in [0.1, 0.15) is 61.5 Å². The maximum absolute atomic E-state index is 13.1. The van der Waals surface area contributed by atoms with E-state index in [-0.39, 0.29) is 5.41 Å². The van der Waals surface area contributed by atoms with Crippen LogP contribution >= 0.6 is 0 Å². The first-order chi connectivity index (χ1) is 14.8. The molecule has 0 aliphatic carbocycles. The summed E-state index contributed by atoms with van der Waals surface area (Å²) in [5.74, 6) is 0.864. The van der Waals surface area contributed by atoms with Crippen LogP contribution in [-0.4, -0.2) is 52.2 Å². The van der Waals surface area contributed by atoms with Crippen molar-refractivity contribution in [2.75, 3.05) is 26.7 Å². The normalized spacial score (nSPS) is 23.9. The molecule has 31 heavy (non-hydrogen) atoms. The van der Waals surface area contributed by atoms with Gasteiger partial charge < -0.3 is 4.90 Å². The molecule has 5 heteroatoms. The number of rotatable bonds is 4. The van der Waals surface area contributed by atoms with Gasteiger partial charge in [0.05, 0.1) is 11.4 Å². The number of hydrogen-bond donors (Lipinski definition) is 0. The van der Waals surface area contributed by atoms with Crippen molar-refractivity contribution in [3.8, 4) is 5.69 Å². The van der Waals surface area contributed by atoms with Gasteiger partial charge in [0.15, 0.2) is 0 Å². The Hall–Kier alpha value is -2.14. The first-order valence-electron chi connectivity index (χ1n) is 11.9. The fourth-order valence-electron chi connectivity index (χ4n) is 5.76. The first-order valence-corrected chi connectivity index (χ1v) is 11.9. The molecule has 1 amide bonds. The van der Waals surface area contributed by atoms with Crippen molar-refractivity contribution < 1.29 is 4.79 Å². The van der Waals surface area contributed by atoms with Crippen molar-refractivity contribution in [3.63, 3.8) is 0 Å². The number of carbonyl (C=O) groups excluding carboxylic acids is 1. The van der Waals surface area contributed by atoms with Crippen LogP contribution in [0.3, 0.4) is 0 Å². The lowest BCUT2D eigenvalue weighted by atomic mass is 9.69. The average molecular weight is 423 g/mol. The van der Waals surface area contributed by atoms with E-state index in [2.05, 4.69) is 61.5 Å². The van der Waals surface area contributed by atoms with Crippen LogP contribution in [-0.2, 0) is 11.3 Å². The van der Waals surface area contributed by atoms with Gasteiger partial charge in [0, 0.05) is 36.8 Å². The van der Waals surface area contributed by atoms with Gasteiger partial charge in [-0.05, 0) is 77.1 Å². The second-order valence-electron chi connectivity index (χ2n) is 10.00. The number of para-hydroxylation sites is 1. The molecule has 2 aliphatic rings. The van der Waals surface area contributed by atoms with Crippen LogP contribution in [0, 0.1) is 32.1 Å². The highest BCUT2D eigenvalue weighted by molar-refractivity contribution is 5.82. The smallest absolute Gasteiger partial charge is 0.228 e.